The SMILES string of the molecule is O=C(Nc1ccc(C23CC4CC(CC(C4)C2)C3)cc1)C1=NN([C@@H]2CCS(=O)(=O)C2)C(=O)CC1. The van der Waals surface area contributed by atoms with Crippen LogP contribution in [0.15, 0.2) is 29.4 Å². The maximum absolute atomic E-state index is 12.9. The van der Waals surface area contributed by atoms with E-state index in [2.05, 4.69) is 22.6 Å². The van der Waals surface area contributed by atoms with Crippen LogP contribution in [0.2, 0.25) is 0 Å². The number of sulfone groups is 1. The first kappa shape index (κ1) is 21.3. The first-order valence-electron chi connectivity index (χ1n) is 12.3. The number of hydrazone groups is 1. The van der Waals surface area contributed by atoms with E-state index in [0.717, 1.165) is 23.4 Å². The number of benzene rings is 1. The molecule has 1 aromatic carbocycles. The first-order chi connectivity index (χ1) is 15.8. The largest absolute Gasteiger partial charge is 0.321 e. The molecular weight excluding hydrogens is 438 g/mol. The molecule has 0 unspecified atom stereocenters. The van der Waals surface area contributed by atoms with Crippen molar-refractivity contribution in [2.45, 2.75) is 69.2 Å². The predicted molar refractivity (Wildman–Crippen MR) is 125 cm³/mol. The zero-order valence-electron chi connectivity index (χ0n) is 18.8. The van der Waals surface area contributed by atoms with Crippen LogP contribution < -0.4 is 5.32 Å². The molecule has 0 radical (unpaired) electrons. The van der Waals surface area contributed by atoms with Gasteiger partial charge in [-0.3, -0.25) is 9.59 Å². The Bertz CT molecular complexity index is 1090. The van der Waals surface area contributed by atoms with Crippen LogP contribution in [-0.4, -0.2) is 48.5 Å². The first-order valence-corrected chi connectivity index (χ1v) is 14.1. The summed E-state index contributed by atoms with van der Waals surface area (Å²) < 4.78 is 23.6. The number of amides is 2. The van der Waals surface area contributed by atoms with Gasteiger partial charge in [0.15, 0.2) is 9.84 Å². The lowest BCUT2D eigenvalue weighted by Gasteiger charge is -2.57. The van der Waals surface area contributed by atoms with Gasteiger partial charge in [0.1, 0.15) is 5.71 Å². The van der Waals surface area contributed by atoms with Gasteiger partial charge in [-0.1, -0.05) is 12.1 Å². The number of hydrogen-bond acceptors (Lipinski definition) is 5. The summed E-state index contributed by atoms with van der Waals surface area (Å²) in [4.78, 5) is 25.2. The van der Waals surface area contributed by atoms with E-state index in [1.54, 1.807) is 0 Å². The van der Waals surface area contributed by atoms with Crippen molar-refractivity contribution in [1.82, 2.24) is 5.01 Å². The van der Waals surface area contributed by atoms with E-state index in [9.17, 15) is 18.0 Å². The number of nitrogens with zero attached hydrogens (tertiary/aromatic N) is 2. The van der Waals surface area contributed by atoms with Crippen LogP contribution >= 0.6 is 0 Å². The van der Waals surface area contributed by atoms with Gasteiger partial charge < -0.3 is 5.32 Å². The van der Waals surface area contributed by atoms with E-state index < -0.39 is 15.9 Å². The van der Waals surface area contributed by atoms with Gasteiger partial charge in [0.25, 0.3) is 5.91 Å². The molecule has 2 heterocycles. The highest BCUT2D eigenvalue weighted by atomic mass is 32.2. The number of nitrogens with one attached hydrogen (secondary N) is 1. The zero-order chi connectivity index (χ0) is 22.8. The number of carbonyl (C=O) groups excluding carboxylic acids is 2. The number of hydrogen-bond donors (Lipinski definition) is 1. The van der Waals surface area contributed by atoms with Crippen LogP contribution in [0.1, 0.15) is 63.4 Å². The van der Waals surface area contributed by atoms with Gasteiger partial charge in [-0.25, -0.2) is 13.4 Å². The van der Waals surface area contributed by atoms with Crippen molar-refractivity contribution < 1.29 is 18.0 Å². The highest BCUT2D eigenvalue weighted by molar-refractivity contribution is 7.91. The Balaban J connectivity index is 1.15. The molecule has 2 amide bonds. The third kappa shape index (κ3) is 3.90. The summed E-state index contributed by atoms with van der Waals surface area (Å²) in [5, 5.41) is 8.44. The summed E-state index contributed by atoms with van der Waals surface area (Å²) in [6.45, 7) is 0. The van der Waals surface area contributed by atoms with E-state index in [0.29, 0.717) is 11.8 Å². The van der Waals surface area contributed by atoms with Gasteiger partial charge in [0, 0.05) is 18.5 Å². The molecule has 0 aromatic heterocycles. The van der Waals surface area contributed by atoms with Crippen molar-refractivity contribution in [1.29, 1.82) is 0 Å². The highest BCUT2D eigenvalue weighted by Crippen LogP contribution is 2.60. The third-order valence-electron chi connectivity index (χ3n) is 8.67. The van der Waals surface area contributed by atoms with Gasteiger partial charge in [-0.15, -0.1) is 0 Å². The van der Waals surface area contributed by atoms with Crippen LogP contribution in [0.5, 0.6) is 0 Å². The third-order valence-corrected chi connectivity index (χ3v) is 10.4. The van der Waals surface area contributed by atoms with E-state index in [1.165, 1.54) is 49.1 Å². The van der Waals surface area contributed by atoms with Crippen LogP contribution in [0.3, 0.4) is 0 Å². The molecule has 5 fully saturated rings. The van der Waals surface area contributed by atoms with Crippen LogP contribution in [0, 0.1) is 17.8 Å². The Morgan fingerprint density at radius 3 is 2.21 bits per heavy atom. The molecule has 1 N–H and O–H groups in total. The van der Waals surface area contributed by atoms with Crippen LogP contribution in [0.25, 0.3) is 0 Å². The minimum atomic E-state index is -3.14. The molecule has 7 nitrogen and oxygen atoms in total. The van der Waals surface area contributed by atoms with Crippen LogP contribution in [-0.2, 0) is 24.8 Å². The van der Waals surface area contributed by atoms with E-state index >= 15 is 0 Å². The molecule has 4 bridgehead atoms. The number of anilines is 1. The maximum Gasteiger partial charge on any atom is 0.271 e. The normalized spacial score (nSPS) is 36.7. The van der Waals surface area contributed by atoms with Gasteiger partial charge in [0.05, 0.1) is 17.5 Å². The molecule has 176 valence electrons. The highest BCUT2D eigenvalue weighted by Gasteiger charge is 2.51. The summed E-state index contributed by atoms with van der Waals surface area (Å²) in [7, 11) is -3.14. The average Bonchev–Trinajstić information content (AvgIpc) is 3.13. The minimum absolute atomic E-state index is 0.0641. The predicted octanol–water partition coefficient (Wildman–Crippen LogP) is 3.26. The molecule has 0 spiro atoms. The standard InChI is InChI=1S/C25H31N3O4S/c29-23-6-5-22(27-28(23)21-7-8-33(31,32)15-21)24(30)26-20-3-1-19(2-4-20)25-12-16-9-17(13-25)11-18(10-16)14-25/h1-4,16-18,21H,5-15H2,(H,26,30)/t16?,17?,18?,21-,25?/m1/s1. The summed E-state index contributed by atoms with van der Waals surface area (Å²) in [5.41, 5.74) is 2.74. The quantitative estimate of drug-likeness (QED) is 0.732. The topological polar surface area (TPSA) is 95.9 Å². The zero-order valence-corrected chi connectivity index (χ0v) is 19.6. The smallest absolute Gasteiger partial charge is 0.271 e. The fourth-order valence-corrected chi connectivity index (χ4v) is 9.25. The van der Waals surface area contributed by atoms with Gasteiger partial charge >= 0.3 is 0 Å². The van der Waals surface area contributed by atoms with Crippen molar-refractivity contribution in [3.05, 3.63) is 29.8 Å². The summed E-state index contributed by atoms with van der Waals surface area (Å²) in [6.07, 6.45) is 9.00. The lowest BCUT2D eigenvalue weighted by molar-refractivity contribution is -0.133. The Kier molecular flexibility index (Phi) is 4.94. The average molecular weight is 470 g/mol. The van der Waals surface area contributed by atoms with Crippen molar-refractivity contribution in [2.24, 2.45) is 22.9 Å². The Hall–Kier alpha value is -2.22. The summed E-state index contributed by atoms with van der Waals surface area (Å²) in [5.74, 6) is 2.11. The fraction of sp³-hybridized carbons (Fsp3) is 0.640. The lowest BCUT2D eigenvalue weighted by atomic mass is 9.48. The van der Waals surface area contributed by atoms with Gasteiger partial charge in [-0.05, 0) is 85.8 Å². The monoisotopic (exact) mass is 469 g/mol. The Labute approximate surface area is 194 Å². The molecule has 1 atom stereocenters. The summed E-state index contributed by atoms with van der Waals surface area (Å²) >= 11 is 0. The maximum atomic E-state index is 12.9. The summed E-state index contributed by atoms with van der Waals surface area (Å²) in [6, 6.07) is 7.88. The van der Waals surface area contributed by atoms with E-state index in [1.807, 2.05) is 12.1 Å². The molecule has 4 saturated carbocycles. The Morgan fingerprint density at radius 1 is 1.00 bits per heavy atom. The van der Waals surface area contributed by atoms with Crippen molar-refractivity contribution in [2.75, 3.05) is 16.8 Å². The molecule has 8 heteroatoms. The molecule has 33 heavy (non-hydrogen) atoms. The van der Waals surface area contributed by atoms with E-state index in [-0.39, 0.29) is 41.9 Å². The van der Waals surface area contributed by atoms with E-state index in [4.69, 9.17) is 0 Å². The van der Waals surface area contributed by atoms with Crippen molar-refractivity contribution in [3.8, 4) is 0 Å². The molecular formula is C25H31N3O4S. The second-order valence-electron chi connectivity index (χ2n) is 11.1. The van der Waals surface area contributed by atoms with Crippen LogP contribution in [0.4, 0.5) is 5.69 Å². The molecule has 7 rings (SSSR count). The minimum Gasteiger partial charge on any atom is -0.321 e. The second-order valence-corrected chi connectivity index (χ2v) is 13.3. The molecule has 6 aliphatic rings. The molecule has 1 saturated heterocycles. The molecule has 4 aliphatic carbocycles. The second kappa shape index (κ2) is 7.65. The van der Waals surface area contributed by atoms with Crippen molar-refractivity contribution >= 4 is 33.1 Å². The molecule has 2 aliphatic heterocycles. The van der Waals surface area contributed by atoms with Crippen molar-refractivity contribution in [3.63, 3.8) is 0 Å². The Morgan fingerprint density at radius 2 is 1.64 bits per heavy atom. The number of rotatable bonds is 4. The number of carbonyl (C=O) groups is 2. The van der Waals surface area contributed by atoms with Gasteiger partial charge in [-0.2, -0.15) is 5.10 Å². The lowest BCUT2D eigenvalue weighted by Crippen LogP contribution is -2.48. The fourth-order valence-electron chi connectivity index (χ4n) is 7.56. The molecule has 1 aromatic rings. The van der Waals surface area contributed by atoms with Gasteiger partial charge in [0.2, 0.25) is 5.91 Å².